The maximum Gasteiger partial charge on any atom is 0.0349 e. The van der Waals surface area contributed by atoms with Gasteiger partial charge in [-0.3, -0.25) is 4.98 Å². The maximum absolute atomic E-state index is 4.06. The largest absolute Gasteiger partial charge is 0.310 e. The van der Waals surface area contributed by atoms with E-state index in [2.05, 4.69) is 29.4 Å². The lowest BCUT2D eigenvalue weighted by molar-refractivity contribution is 0.481. The molecule has 1 aliphatic carbocycles. The summed E-state index contributed by atoms with van der Waals surface area (Å²) in [5.74, 6) is 0.865. The van der Waals surface area contributed by atoms with Gasteiger partial charge in [0.05, 0.1) is 0 Å². The van der Waals surface area contributed by atoms with Gasteiger partial charge in [0.25, 0.3) is 0 Å². The Balaban J connectivity index is 2.02. The van der Waals surface area contributed by atoms with Crippen LogP contribution in [0.3, 0.4) is 0 Å². The minimum absolute atomic E-state index is 0.568. The molecule has 76 valence electrons. The predicted octanol–water partition coefficient (Wildman–Crippen LogP) is 2.53. The van der Waals surface area contributed by atoms with Crippen molar-refractivity contribution in [2.24, 2.45) is 5.92 Å². The fraction of sp³-hybridized carbons (Fsp3) is 0.583. The van der Waals surface area contributed by atoms with Crippen LogP contribution in [-0.4, -0.2) is 11.5 Å². The van der Waals surface area contributed by atoms with Gasteiger partial charge in [-0.05, 0) is 49.4 Å². The van der Waals surface area contributed by atoms with Crippen LogP contribution >= 0.6 is 0 Å². The zero-order chi connectivity index (χ0) is 9.80. The lowest BCUT2D eigenvalue weighted by atomic mass is 10.0. The molecule has 2 nitrogen and oxygen atoms in total. The molecule has 1 aromatic heterocycles. The Morgan fingerprint density at radius 3 is 2.71 bits per heavy atom. The van der Waals surface area contributed by atoms with E-state index < -0.39 is 0 Å². The van der Waals surface area contributed by atoms with E-state index in [-0.39, 0.29) is 0 Å². The van der Waals surface area contributed by atoms with Crippen LogP contribution < -0.4 is 5.32 Å². The van der Waals surface area contributed by atoms with Gasteiger partial charge in [0, 0.05) is 18.4 Å². The number of hydrogen-bond acceptors (Lipinski definition) is 2. The van der Waals surface area contributed by atoms with Gasteiger partial charge in [-0.25, -0.2) is 0 Å². The predicted molar refractivity (Wildman–Crippen MR) is 58.0 cm³/mol. The zero-order valence-electron chi connectivity index (χ0n) is 8.74. The summed E-state index contributed by atoms with van der Waals surface area (Å²) in [6, 6.07) is 4.83. The lowest BCUT2D eigenvalue weighted by Crippen LogP contribution is -2.23. The van der Waals surface area contributed by atoms with Gasteiger partial charge >= 0.3 is 0 Å². The molecule has 1 fully saturated rings. The summed E-state index contributed by atoms with van der Waals surface area (Å²) >= 11 is 0. The van der Waals surface area contributed by atoms with Crippen molar-refractivity contribution in [2.75, 3.05) is 6.54 Å². The first-order chi connectivity index (χ1) is 6.92. The first-order valence-corrected chi connectivity index (χ1v) is 5.55. The van der Waals surface area contributed by atoms with Crippen LogP contribution in [0.25, 0.3) is 0 Å². The second-order valence-corrected chi connectivity index (χ2v) is 4.05. The van der Waals surface area contributed by atoms with E-state index in [9.17, 15) is 0 Å². The third-order valence-electron chi connectivity index (χ3n) is 2.77. The molecule has 1 atom stereocenters. The molecular formula is C12H18N2. The third-order valence-corrected chi connectivity index (χ3v) is 2.77. The van der Waals surface area contributed by atoms with Crippen LogP contribution in [0.4, 0.5) is 0 Å². The van der Waals surface area contributed by atoms with Gasteiger partial charge in [-0.1, -0.05) is 6.92 Å². The second-order valence-electron chi connectivity index (χ2n) is 4.05. The molecule has 0 radical (unpaired) electrons. The first kappa shape index (κ1) is 9.66. The highest BCUT2D eigenvalue weighted by atomic mass is 14.9. The molecular weight excluding hydrogens is 172 g/mol. The highest BCUT2D eigenvalue weighted by Gasteiger charge is 2.31. The van der Waals surface area contributed by atoms with Gasteiger partial charge in [-0.2, -0.15) is 0 Å². The Labute approximate surface area is 85.7 Å². The number of nitrogens with one attached hydrogen (secondary N) is 1. The average Bonchev–Trinajstić information content (AvgIpc) is 3.04. The lowest BCUT2D eigenvalue weighted by Gasteiger charge is -2.17. The minimum atomic E-state index is 0.568. The van der Waals surface area contributed by atoms with Gasteiger partial charge in [0.1, 0.15) is 0 Å². The number of hydrogen-bond donors (Lipinski definition) is 1. The van der Waals surface area contributed by atoms with E-state index in [4.69, 9.17) is 0 Å². The summed E-state index contributed by atoms with van der Waals surface area (Å²) in [5, 5.41) is 3.62. The zero-order valence-corrected chi connectivity index (χ0v) is 8.74. The number of rotatable bonds is 5. The Bertz CT molecular complexity index is 267. The van der Waals surface area contributed by atoms with Crippen LogP contribution in [0.5, 0.6) is 0 Å². The van der Waals surface area contributed by atoms with Crippen LogP contribution in [-0.2, 0) is 0 Å². The van der Waals surface area contributed by atoms with Crippen molar-refractivity contribution < 1.29 is 0 Å². The van der Waals surface area contributed by atoms with Gasteiger partial charge in [0.2, 0.25) is 0 Å². The fourth-order valence-corrected chi connectivity index (χ4v) is 1.86. The fourth-order valence-electron chi connectivity index (χ4n) is 1.86. The average molecular weight is 190 g/mol. The summed E-state index contributed by atoms with van der Waals surface area (Å²) in [5.41, 5.74) is 1.40. The standard InChI is InChI=1S/C12H18N2/c1-2-7-14-12(10-3-4-10)11-5-8-13-9-6-11/h5-6,8-10,12,14H,2-4,7H2,1H3. The summed E-state index contributed by atoms with van der Waals surface area (Å²) in [7, 11) is 0. The highest BCUT2D eigenvalue weighted by molar-refractivity contribution is 5.17. The van der Waals surface area contributed by atoms with Crippen molar-refractivity contribution >= 4 is 0 Å². The normalized spacial score (nSPS) is 18.1. The molecule has 0 saturated heterocycles. The van der Waals surface area contributed by atoms with E-state index in [1.807, 2.05) is 12.4 Å². The summed E-state index contributed by atoms with van der Waals surface area (Å²) in [4.78, 5) is 4.06. The van der Waals surface area contributed by atoms with E-state index in [0.29, 0.717) is 6.04 Å². The van der Waals surface area contributed by atoms with Crippen molar-refractivity contribution in [2.45, 2.75) is 32.2 Å². The molecule has 2 heteroatoms. The SMILES string of the molecule is CCCNC(c1ccncc1)C1CC1. The monoisotopic (exact) mass is 190 g/mol. The molecule has 0 bridgehead atoms. The van der Waals surface area contributed by atoms with E-state index >= 15 is 0 Å². The summed E-state index contributed by atoms with van der Waals surface area (Å²) in [6.45, 7) is 3.33. The maximum atomic E-state index is 4.06. The van der Waals surface area contributed by atoms with Crippen molar-refractivity contribution in [3.8, 4) is 0 Å². The minimum Gasteiger partial charge on any atom is -0.310 e. The molecule has 1 saturated carbocycles. The van der Waals surface area contributed by atoms with E-state index in [1.165, 1.54) is 24.8 Å². The molecule has 1 aromatic rings. The molecule has 0 spiro atoms. The van der Waals surface area contributed by atoms with Gasteiger partial charge < -0.3 is 5.32 Å². The van der Waals surface area contributed by atoms with Gasteiger partial charge in [0.15, 0.2) is 0 Å². The van der Waals surface area contributed by atoms with Crippen molar-refractivity contribution in [3.05, 3.63) is 30.1 Å². The second kappa shape index (κ2) is 4.56. The molecule has 1 unspecified atom stereocenters. The molecule has 1 aliphatic rings. The first-order valence-electron chi connectivity index (χ1n) is 5.55. The molecule has 1 N–H and O–H groups in total. The van der Waals surface area contributed by atoms with Crippen LogP contribution in [0, 0.1) is 5.92 Å². The van der Waals surface area contributed by atoms with E-state index in [0.717, 1.165) is 12.5 Å². The smallest absolute Gasteiger partial charge is 0.0349 e. The van der Waals surface area contributed by atoms with Crippen LogP contribution in [0.1, 0.15) is 37.8 Å². The van der Waals surface area contributed by atoms with Crippen molar-refractivity contribution in [1.82, 2.24) is 10.3 Å². The van der Waals surface area contributed by atoms with Crippen molar-refractivity contribution in [3.63, 3.8) is 0 Å². The Morgan fingerprint density at radius 2 is 2.14 bits per heavy atom. The number of pyridine rings is 1. The molecule has 14 heavy (non-hydrogen) atoms. The van der Waals surface area contributed by atoms with E-state index in [1.54, 1.807) is 0 Å². The van der Waals surface area contributed by atoms with Crippen molar-refractivity contribution in [1.29, 1.82) is 0 Å². The number of aromatic nitrogens is 1. The quantitative estimate of drug-likeness (QED) is 0.771. The highest BCUT2D eigenvalue weighted by Crippen LogP contribution is 2.40. The molecule has 1 heterocycles. The third kappa shape index (κ3) is 2.32. The Morgan fingerprint density at radius 1 is 1.43 bits per heavy atom. The molecule has 0 aromatic carbocycles. The Kier molecular flexibility index (Phi) is 3.14. The Hall–Kier alpha value is -0.890. The van der Waals surface area contributed by atoms with Crippen LogP contribution in [0.15, 0.2) is 24.5 Å². The topological polar surface area (TPSA) is 24.9 Å². The molecule has 0 aliphatic heterocycles. The van der Waals surface area contributed by atoms with Gasteiger partial charge in [-0.15, -0.1) is 0 Å². The van der Waals surface area contributed by atoms with Crippen LogP contribution in [0.2, 0.25) is 0 Å². The molecule has 2 rings (SSSR count). The number of nitrogens with zero attached hydrogens (tertiary/aromatic N) is 1. The summed E-state index contributed by atoms with van der Waals surface area (Å²) in [6.07, 6.45) is 7.73. The summed E-state index contributed by atoms with van der Waals surface area (Å²) < 4.78 is 0. The molecule has 0 amide bonds.